The van der Waals surface area contributed by atoms with Crippen LogP contribution in [-0.2, 0) is 19.7 Å². The normalized spacial score (nSPS) is 47.3. The summed E-state index contributed by atoms with van der Waals surface area (Å²) in [7, 11) is -4.33. The summed E-state index contributed by atoms with van der Waals surface area (Å²) >= 11 is 6.53. The molecule has 12 heteroatoms. The molecule has 0 amide bonds. The summed E-state index contributed by atoms with van der Waals surface area (Å²) < 4.78 is 65.8. The SMILES string of the molecule is C[C@]12C=CC(=O)C=C1[C@@H](F)C[C@H]1[C@@H]3C[C@H]4CN(CC5=CC(Cl)(CS(=O)(=O)O)CC=C5)C[C@@]4(C(=O)CO)[C@@]3(C)C[C@H](O)[C@@]12F. The Balaban J connectivity index is 1.34. The number of carbonyl (C=O) groups excluding carboxylic acids is 2. The number of allylic oxidation sites excluding steroid dienone is 6. The molecule has 43 heavy (non-hydrogen) atoms. The first-order chi connectivity index (χ1) is 19.9. The van der Waals surface area contributed by atoms with Crippen LogP contribution in [-0.4, -0.2) is 94.5 Å². The number of rotatable bonds is 6. The van der Waals surface area contributed by atoms with E-state index in [2.05, 4.69) is 0 Å². The molecule has 0 spiro atoms. The number of likely N-dealkylation sites (tertiary alicyclic amines) is 1. The zero-order valence-electron chi connectivity index (χ0n) is 24.2. The van der Waals surface area contributed by atoms with Gasteiger partial charge in [0.05, 0.1) is 22.1 Å². The van der Waals surface area contributed by atoms with Crippen LogP contribution in [0.1, 0.15) is 39.5 Å². The predicted molar refractivity (Wildman–Crippen MR) is 155 cm³/mol. The molecule has 1 heterocycles. The number of alkyl halides is 3. The molecule has 4 fully saturated rings. The Labute approximate surface area is 255 Å². The molecule has 3 N–H and O–H groups in total. The smallest absolute Gasteiger partial charge is 0.266 e. The predicted octanol–water partition coefficient (Wildman–Crippen LogP) is 3.15. The van der Waals surface area contributed by atoms with Gasteiger partial charge in [0.1, 0.15) is 12.8 Å². The zero-order chi connectivity index (χ0) is 31.4. The van der Waals surface area contributed by atoms with Crippen molar-refractivity contribution in [3.63, 3.8) is 0 Å². The van der Waals surface area contributed by atoms with Gasteiger partial charge in [-0.05, 0) is 73.2 Å². The van der Waals surface area contributed by atoms with Crippen molar-refractivity contribution in [1.29, 1.82) is 0 Å². The molecule has 0 aromatic heterocycles. The van der Waals surface area contributed by atoms with E-state index in [0.717, 1.165) is 6.08 Å². The number of Topliss-reactive ketones (excluding diaryl/α,β-unsaturated/α-hetero) is 1. The van der Waals surface area contributed by atoms with Crippen molar-refractivity contribution in [3.8, 4) is 0 Å². The van der Waals surface area contributed by atoms with E-state index in [-0.39, 0.29) is 37.3 Å². The second-order valence-corrected chi connectivity index (χ2v) is 16.3. The molecule has 3 saturated carbocycles. The Kier molecular flexibility index (Phi) is 7.17. The van der Waals surface area contributed by atoms with E-state index in [1.807, 2.05) is 17.9 Å². The lowest BCUT2D eigenvalue weighted by Gasteiger charge is -2.63. The van der Waals surface area contributed by atoms with Crippen LogP contribution in [0.15, 0.2) is 47.6 Å². The Bertz CT molecular complexity index is 1500. The lowest BCUT2D eigenvalue weighted by atomic mass is 9.43. The molecule has 6 rings (SSSR count). The fourth-order valence-electron chi connectivity index (χ4n) is 10.2. The number of fused-ring (bicyclic) bond motifs is 7. The lowest BCUT2D eigenvalue weighted by Crippen LogP contribution is -2.69. The average molecular weight is 642 g/mol. The molecule has 0 bridgehead atoms. The number of nitrogens with zero attached hydrogens (tertiary/aromatic N) is 1. The summed E-state index contributed by atoms with van der Waals surface area (Å²) in [6.45, 7) is 3.66. The quantitative estimate of drug-likeness (QED) is 0.298. The van der Waals surface area contributed by atoms with Gasteiger partial charge < -0.3 is 10.2 Å². The fraction of sp³-hybridized carbons (Fsp3) is 0.677. The molecular formula is C31H38ClF2NO7S. The molecule has 0 radical (unpaired) electrons. The average Bonchev–Trinajstić information content (AvgIpc) is 3.37. The van der Waals surface area contributed by atoms with E-state index < -0.39 is 84.9 Å². The highest BCUT2D eigenvalue weighted by Crippen LogP contribution is 2.74. The highest BCUT2D eigenvalue weighted by atomic mass is 35.5. The van der Waals surface area contributed by atoms with Crippen LogP contribution in [0, 0.1) is 34.0 Å². The van der Waals surface area contributed by atoms with Crippen molar-refractivity contribution in [2.24, 2.45) is 34.0 Å². The maximum Gasteiger partial charge on any atom is 0.266 e. The van der Waals surface area contributed by atoms with Crippen molar-refractivity contribution in [3.05, 3.63) is 47.6 Å². The number of aliphatic hydroxyl groups is 2. The number of hydrogen-bond donors (Lipinski definition) is 3. The Hall–Kier alpha value is -1.76. The fourth-order valence-corrected chi connectivity index (χ4v) is 11.7. The van der Waals surface area contributed by atoms with Crippen LogP contribution < -0.4 is 0 Å². The van der Waals surface area contributed by atoms with Gasteiger partial charge in [-0.15, -0.1) is 11.6 Å². The standard InChI is InChI=1S/C31H38ClF2NO7S/c1-27-7-5-20(37)9-23(27)24(33)10-22-21-8-19-14-35(13-18-4-3-6-29(32,11-18)17-43(40,41)42)16-30(19,26(39)15-36)28(21,2)12-25(38)31(22,27)34/h3-5,7,9,11,19,21-22,24-25,36,38H,6,8,10,12-17H2,1-2H3,(H,40,41,42)/t19-,21-,22-,24-,25-,27-,28-,29?,30+,31-/m0/s1. The van der Waals surface area contributed by atoms with Crippen LogP contribution in [0.5, 0.6) is 0 Å². The van der Waals surface area contributed by atoms with Gasteiger partial charge in [-0.3, -0.25) is 19.0 Å². The van der Waals surface area contributed by atoms with Gasteiger partial charge in [-0.2, -0.15) is 8.42 Å². The number of aliphatic hydroxyl groups excluding tert-OH is 2. The second-order valence-electron chi connectivity index (χ2n) is 14.1. The first-order valence-electron chi connectivity index (χ1n) is 14.8. The van der Waals surface area contributed by atoms with Gasteiger partial charge in [0.2, 0.25) is 0 Å². The molecule has 1 aliphatic heterocycles. The summed E-state index contributed by atoms with van der Waals surface area (Å²) in [5.41, 5.74) is -5.08. The zero-order valence-corrected chi connectivity index (χ0v) is 25.8. The Morgan fingerprint density at radius 2 is 1.93 bits per heavy atom. The van der Waals surface area contributed by atoms with Gasteiger partial charge in [0.15, 0.2) is 17.2 Å². The van der Waals surface area contributed by atoms with Crippen molar-refractivity contribution in [1.82, 2.24) is 4.90 Å². The summed E-state index contributed by atoms with van der Waals surface area (Å²) in [6.07, 6.45) is 6.18. The van der Waals surface area contributed by atoms with Crippen LogP contribution in [0.3, 0.4) is 0 Å². The van der Waals surface area contributed by atoms with Crippen molar-refractivity contribution < 1.29 is 41.6 Å². The highest BCUT2D eigenvalue weighted by Gasteiger charge is 2.78. The third-order valence-corrected chi connectivity index (χ3v) is 13.4. The minimum atomic E-state index is -4.33. The molecule has 0 aromatic carbocycles. The van der Waals surface area contributed by atoms with Crippen LogP contribution in [0.4, 0.5) is 8.78 Å². The Morgan fingerprint density at radius 3 is 2.60 bits per heavy atom. The topological polar surface area (TPSA) is 132 Å². The molecule has 1 saturated heterocycles. The maximum absolute atomic E-state index is 17.5. The highest BCUT2D eigenvalue weighted by molar-refractivity contribution is 7.85. The molecule has 6 aliphatic rings. The van der Waals surface area contributed by atoms with Gasteiger partial charge >= 0.3 is 0 Å². The summed E-state index contributed by atoms with van der Waals surface area (Å²) in [5.74, 6) is -3.12. The van der Waals surface area contributed by atoms with E-state index in [4.69, 9.17) is 11.6 Å². The minimum absolute atomic E-state index is 0.0464. The largest absolute Gasteiger partial charge is 0.390 e. The summed E-state index contributed by atoms with van der Waals surface area (Å²) in [6, 6.07) is 0. The van der Waals surface area contributed by atoms with Crippen molar-refractivity contribution in [2.45, 2.75) is 62.3 Å². The number of ketones is 2. The number of halogens is 3. The van der Waals surface area contributed by atoms with Gasteiger partial charge in [0, 0.05) is 31.0 Å². The Morgan fingerprint density at radius 1 is 1.21 bits per heavy atom. The monoisotopic (exact) mass is 641 g/mol. The van der Waals surface area contributed by atoms with E-state index >= 15 is 8.78 Å². The van der Waals surface area contributed by atoms with Crippen LogP contribution in [0.25, 0.3) is 0 Å². The third-order valence-electron chi connectivity index (χ3n) is 11.9. The molecule has 1 unspecified atom stereocenters. The first-order valence-corrected chi connectivity index (χ1v) is 16.8. The van der Waals surface area contributed by atoms with Gasteiger partial charge in [-0.25, -0.2) is 8.78 Å². The number of hydrogen-bond acceptors (Lipinski definition) is 7. The first kappa shape index (κ1) is 31.2. The summed E-state index contributed by atoms with van der Waals surface area (Å²) in [5, 5.41) is 21.9. The third kappa shape index (κ3) is 4.35. The molecule has 5 aliphatic carbocycles. The van der Waals surface area contributed by atoms with Gasteiger partial charge in [0.25, 0.3) is 10.1 Å². The van der Waals surface area contributed by atoms with E-state index in [1.165, 1.54) is 12.2 Å². The second kappa shape index (κ2) is 9.87. The molecule has 0 aromatic rings. The molecular weight excluding hydrogens is 604 g/mol. The summed E-state index contributed by atoms with van der Waals surface area (Å²) in [4.78, 5) is 26.6. The lowest BCUT2D eigenvalue weighted by molar-refractivity contribution is -0.212. The minimum Gasteiger partial charge on any atom is -0.390 e. The van der Waals surface area contributed by atoms with E-state index in [1.54, 1.807) is 19.1 Å². The van der Waals surface area contributed by atoms with Crippen molar-refractivity contribution >= 4 is 33.3 Å². The van der Waals surface area contributed by atoms with Crippen LogP contribution >= 0.6 is 11.6 Å². The molecule has 8 nitrogen and oxygen atoms in total. The van der Waals surface area contributed by atoms with E-state index in [0.29, 0.717) is 25.1 Å². The van der Waals surface area contributed by atoms with Crippen molar-refractivity contribution in [2.75, 3.05) is 32.0 Å². The van der Waals surface area contributed by atoms with Crippen LogP contribution in [0.2, 0.25) is 0 Å². The molecule has 236 valence electrons. The number of carbonyl (C=O) groups is 2. The maximum atomic E-state index is 17.5. The van der Waals surface area contributed by atoms with Gasteiger partial charge in [-0.1, -0.05) is 31.2 Å². The van der Waals surface area contributed by atoms with E-state index in [9.17, 15) is 32.8 Å². The molecule has 10 atom stereocenters.